The number of nitrogens with zero attached hydrogens (tertiary/aromatic N) is 3. The summed E-state index contributed by atoms with van der Waals surface area (Å²) in [6.45, 7) is 3.41. The van der Waals surface area contributed by atoms with Crippen molar-refractivity contribution in [2.75, 3.05) is 7.11 Å². The first-order valence-corrected chi connectivity index (χ1v) is 5.70. The van der Waals surface area contributed by atoms with E-state index in [9.17, 15) is 4.79 Å². The number of aliphatic carboxylic acids is 1. The number of methoxy groups -OCH3 is 1. The number of fused-ring (bicyclic) bond motifs is 1. The Morgan fingerprint density at radius 2 is 2.11 bits per heavy atom. The number of carbonyl (C=O) groups is 1. The second-order valence-electron chi connectivity index (χ2n) is 4.76. The van der Waals surface area contributed by atoms with E-state index < -0.39 is 42.4 Å². The van der Waals surface area contributed by atoms with Crippen LogP contribution in [-0.2, 0) is 23.7 Å². The maximum absolute atomic E-state index is 11.1. The van der Waals surface area contributed by atoms with Crippen molar-refractivity contribution in [3.63, 3.8) is 0 Å². The Morgan fingerprint density at radius 1 is 1.47 bits per heavy atom. The molecule has 2 saturated heterocycles. The molecule has 0 amide bonds. The lowest BCUT2D eigenvalue weighted by Gasteiger charge is -2.24. The molecule has 0 radical (unpaired) electrons. The van der Waals surface area contributed by atoms with Gasteiger partial charge in [-0.15, -0.1) is 0 Å². The first-order valence-electron chi connectivity index (χ1n) is 5.70. The number of carboxylic acids is 1. The van der Waals surface area contributed by atoms with E-state index in [1.807, 2.05) is 0 Å². The van der Waals surface area contributed by atoms with Crippen LogP contribution in [0, 0.1) is 0 Å². The van der Waals surface area contributed by atoms with E-state index in [0.29, 0.717) is 0 Å². The Morgan fingerprint density at radius 3 is 2.63 bits per heavy atom. The quantitative estimate of drug-likeness (QED) is 0.455. The lowest BCUT2D eigenvalue weighted by atomic mass is 10.0. The van der Waals surface area contributed by atoms with Crippen LogP contribution < -0.4 is 0 Å². The molecule has 5 atom stereocenters. The van der Waals surface area contributed by atoms with E-state index in [0.717, 1.165) is 0 Å². The minimum Gasteiger partial charge on any atom is -0.481 e. The molecule has 2 rings (SSSR count). The molecule has 0 aromatic heterocycles. The van der Waals surface area contributed by atoms with Crippen molar-refractivity contribution in [2.24, 2.45) is 5.11 Å². The minimum absolute atomic E-state index is 0.555. The number of rotatable bonds is 4. The first-order chi connectivity index (χ1) is 8.89. The lowest BCUT2D eigenvalue weighted by Crippen LogP contribution is -2.41. The molecular weight excluding hydrogens is 258 g/mol. The highest BCUT2D eigenvalue weighted by Crippen LogP contribution is 2.40. The Bertz CT molecular complexity index is 419. The monoisotopic (exact) mass is 273 g/mol. The van der Waals surface area contributed by atoms with Gasteiger partial charge in [-0.2, -0.15) is 0 Å². The normalized spacial score (nSPS) is 37.4. The molecule has 9 nitrogen and oxygen atoms in total. The molecule has 2 aliphatic rings. The summed E-state index contributed by atoms with van der Waals surface area (Å²) < 4.78 is 21.8. The zero-order valence-corrected chi connectivity index (χ0v) is 10.7. The van der Waals surface area contributed by atoms with Crippen LogP contribution >= 0.6 is 0 Å². The molecule has 1 N–H and O–H groups in total. The number of hydrogen-bond acceptors (Lipinski definition) is 6. The van der Waals surface area contributed by atoms with Gasteiger partial charge in [0.25, 0.3) is 0 Å². The van der Waals surface area contributed by atoms with Crippen LogP contribution in [0.1, 0.15) is 13.8 Å². The largest absolute Gasteiger partial charge is 0.481 e. The van der Waals surface area contributed by atoms with E-state index in [4.69, 9.17) is 29.6 Å². The number of azide groups is 1. The molecule has 0 saturated carbocycles. The predicted octanol–water partition coefficient (Wildman–Crippen LogP) is 0.641. The highest BCUT2D eigenvalue weighted by atomic mass is 16.8. The number of hydrogen-bond donors (Lipinski definition) is 1. The molecule has 0 aromatic rings. The third-order valence-corrected chi connectivity index (χ3v) is 3.02. The maximum atomic E-state index is 11.1. The molecule has 0 unspecified atom stereocenters. The van der Waals surface area contributed by atoms with Crippen molar-refractivity contribution in [3.8, 4) is 0 Å². The summed E-state index contributed by atoms with van der Waals surface area (Å²) in [5, 5.41) is 12.3. The highest BCUT2D eigenvalue weighted by Gasteiger charge is 2.58. The van der Waals surface area contributed by atoms with Crippen molar-refractivity contribution in [1.82, 2.24) is 0 Å². The highest BCUT2D eigenvalue weighted by molar-refractivity contribution is 5.74. The van der Waals surface area contributed by atoms with Gasteiger partial charge in [0.15, 0.2) is 18.1 Å². The average molecular weight is 273 g/mol. The fourth-order valence-electron chi connectivity index (χ4n) is 2.35. The smallest absolute Gasteiger partial charge is 0.315 e. The number of carboxylic acid groups (broad SMARTS) is 1. The summed E-state index contributed by atoms with van der Waals surface area (Å²) in [7, 11) is 1.42. The zero-order valence-electron chi connectivity index (χ0n) is 10.7. The summed E-state index contributed by atoms with van der Waals surface area (Å²) in [5.74, 6) is -2.15. The Hall–Kier alpha value is -1.38. The fraction of sp³-hybridized carbons (Fsp3) is 0.900. The zero-order chi connectivity index (χ0) is 14.2. The topological polar surface area (TPSA) is 123 Å². The molecule has 106 valence electrons. The lowest BCUT2D eigenvalue weighted by molar-refractivity contribution is -0.229. The van der Waals surface area contributed by atoms with Gasteiger partial charge in [0.1, 0.15) is 18.3 Å². The minimum atomic E-state index is -1.39. The van der Waals surface area contributed by atoms with E-state index in [1.165, 1.54) is 7.11 Å². The third-order valence-electron chi connectivity index (χ3n) is 3.02. The average Bonchev–Trinajstić information content (AvgIpc) is 2.79. The summed E-state index contributed by atoms with van der Waals surface area (Å²) in [5.41, 5.74) is 8.45. The van der Waals surface area contributed by atoms with Gasteiger partial charge in [0.2, 0.25) is 0 Å². The molecule has 2 fully saturated rings. The number of ether oxygens (including phenoxy) is 4. The van der Waals surface area contributed by atoms with E-state index in [1.54, 1.807) is 13.8 Å². The predicted molar refractivity (Wildman–Crippen MR) is 60.1 cm³/mol. The summed E-state index contributed by atoms with van der Waals surface area (Å²) in [6.07, 6.45) is -2.93. The van der Waals surface area contributed by atoms with Crippen LogP contribution in [-0.4, -0.2) is 54.6 Å². The second-order valence-corrected chi connectivity index (χ2v) is 4.76. The van der Waals surface area contributed by atoms with Crippen LogP contribution in [0.4, 0.5) is 0 Å². The van der Waals surface area contributed by atoms with Crippen molar-refractivity contribution in [3.05, 3.63) is 10.4 Å². The van der Waals surface area contributed by atoms with E-state index in [-0.39, 0.29) is 0 Å². The Labute approximate surface area is 109 Å². The summed E-state index contributed by atoms with van der Waals surface area (Å²) >= 11 is 0. The molecule has 0 bridgehead atoms. The first kappa shape index (κ1) is 14.0. The maximum Gasteiger partial charge on any atom is 0.315 e. The van der Waals surface area contributed by atoms with Gasteiger partial charge in [0, 0.05) is 12.0 Å². The summed E-state index contributed by atoms with van der Waals surface area (Å²) in [4.78, 5) is 13.7. The Balaban J connectivity index is 2.26. The van der Waals surface area contributed by atoms with Crippen molar-refractivity contribution >= 4 is 5.97 Å². The standard InChI is InChI=1S/C10H15N3O6/c1-10(2)18-6-5(4(8(14)15)12-13-11)17-9(16-3)7(6)19-10/h4-7,9H,1-3H3,(H,14,15)/t4-,5-,6-,7-,9-/m1/s1. The SMILES string of the molecule is CO[C@@H]1O[C@H]([C@@H](N=[N+]=[N-])C(=O)O)[C@H]2OC(C)(C)O[C@@H]12. The van der Waals surface area contributed by atoms with Crippen LogP contribution in [0.5, 0.6) is 0 Å². The molecule has 9 heteroatoms. The van der Waals surface area contributed by atoms with Gasteiger partial charge in [-0.05, 0) is 19.4 Å². The Kier molecular flexibility index (Phi) is 3.66. The van der Waals surface area contributed by atoms with E-state index >= 15 is 0 Å². The third kappa shape index (κ3) is 2.51. The molecule has 0 spiro atoms. The van der Waals surface area contributed by atoms with Crippen LogP contribution in [0.2, 0.25) is 0 Å². The second kappa shape index (κ2) is 4.95. The van der Waals surface area contributed by atoms with Crippen molar-refractivity contribution < 1.29 is 28.8 Å². The van der Waals surface area contributed by atoms with Crippen LogP contribution in [0.15, 0.2) is 5.11 Å². The van der Waals surface area contributed by atoms with Gasteiger partial charge < -0.3 is 24.1 Å². The summed E-state index contributed by atoms with van der Waals surface area (Å²) in [6, 6.07) is -1.39. The van der Waals surface area contributed by atoms with Gasteiger partial charge in [0.05, 0.1) is 0 Å². The fourth-order valence-corrected chi connectivity index (χ4v) is 2.35. The van der Waals surface area contributed by atoms with Gasteiger partial charge >= 0.3 is 5.97 Å². The molecule has 2 aliphatic heterocycles. The van der Waals surface area contributed by atoms with Gasteiger partial charge in [-0.3, -0.25) is 4.79 Å². The van der Waals surface area contributed by atoms with Gasteiger partial charge in [-0.25, -0.2) is 0 Å². The molecule has 0 aromatic carbocycles. The van der Waals surface area contributed by atoms with Crippen molar-refractivity contribution in [2.45, 2.75) is 50.3 Å². The van der Waals surface area contributed by atoms with Crippen molar-refractivity contribution in [1.29, 1.82) is 0 Å². The molecule has 0 aliphatic carbocycles. The van der Waals surface area contributed by atoms with Gasteiger partial charge in [-0.1, -0.05) is 5.11 Å². The molecule has 19 heavy (non-hydrogen) atoms. The van der Waals surface area contributed by atoms with E-state index in [2.05, 4.69) is 10.0 Å². The van der Waals surface area contributed by atoms with Crippen LogP contribution in [0.3, 0.4) is 0 Å². The van der Waals surface area contributed by atoms with Crippen LogP contribution in [0.25, 0.3) is 10.4 Å². The molecule has 2 heterocycles. The molecular formula is C10H15N3O6.